The molecule has 1 aliphatic heterocycles. The molecule has 0 aromatic carbocycles. The fourth-order valence-electron chi connectivity index (χ4n) is 3.49. The Morgan fingerprint density at radius 1 is 1.29 bits per heavy atom. The normalized spacial score (nSPS) is 18.7. The van der Waals surface area contributed by atoms with Gasteiger partial charge in [0.2, 0.25) is 6.41 Å². The average molecular weight is 297 g/mol. The Hall–Kier alpha value is -0.610. The number of carbonyl (C=O) groups is 1. The maximum absolute atomic E-state index is 10.5. The van der Waals surface area contributed by atoms with Gasteiger partial charge in [0.15, 0.2) is 0 Å². The third kappa shape index (κ3) is 6.79. The van der Waals surface area contributed by atoms with Crippen molar-refractivity contribution < 1.29 is 4.79 Å². The van der Waals surface area contributed by atoms with Crippen molar-refractivity contribution in [2.45, 2.75) is 59.4 Å². The number of hydrogen-bond donors (Lipinski definition) is 2. The van der Waals surface area contributed by atoms with Gasteiger partial charge in [0.05, 0.1) is 0 Å². The number of carbonyl (C=O) groups excluding carboxylic acids is 1. The average Bonchev–Trinajstić information content (AvgIpc) is 2.45. The summed E-state index contributed by atoms with van der Waals surface area (Å²) >= 11 is 0. The Balaban J connectivity index is 2.52. The van der Waals surface area contributed by atoms with Crippen LogP contribution in [0, 0.1) is 11.3 Å². The van der Waals surface area contributed by atoms with Crippen LogP contribution in [0.4, 0.5) is 0 Å². The lowest BCUT2D eigenvalue weighted by Crippen LogP contribution is -2.46. The first-order valence-corrected chi connectivity index (χ1v) is 8.60. The van der Waals surface area contributed by atoms with Gasteiger partial charge in [-0.3, -0.25) is 9.69 Å². The van der Waals surface area contributed by atoms with Gasteiger partial charge in [0.1, 0.15) is 0 Å². The molecule has 0 aromatic heterocycles. The maximum atomic E-state index is 10.5. The smallest absolute Gasteiger partial charge is 0.207 e. The van der Waals surface area contributed by atoms with Gasteiger partial charge in [0.25, 0.3) is 0 Å². The molecule has 0 spiro atoms. The molecule has 124 valence electrons. The molecule has 1 fully saturated rings. The third-order valence-corrected chi connectivity index (χ3v) is 4.93. The van der Waals surface area contributed by atoms with E-state index >= 15 is 0 Å². The van der Waals surface area contributed by atoms with E-state index in [0.29, 0.717) is 11.5 Å². The summed E-state index contributed by atoms with van der Waals surface area (Å²) in [6.45, 7) is 14.5. The molecule has 0 aliphatic carbocycles. The summed E-state index contributed by atoms with van der Waals surface area (Å²) in [4.78, 5) is 13.1. The minimum Gasteiger partial charge on any atom is -0.357 e. The van der Waals surface area contributed by atoms with Crippen LogP contribution >= 0.6 is 0 Å². The van der Waals surface area contributed by atoms with E-state index in [2.05, 4.69) is 43.2 Å². The second-order valence-electron chi connectivity index (χ2n) is 7.35. The lowest BCUT2D eigenvalue weighted by Gasteiger charge is -2.37. The molecule has 0 bridgehead atoms. The number of rotatable bonds is 9. The van der Waals surface area contributed by atoms with Crippen molar-refractivity contribution in [3.8, 4) is 0 Å². The van der Waals surface area contributed by atoms with Crippen LogP contribution in [0.15, 0.2) is 0 Å². The van der Waals surface area contributed by atoms with E-state index in [1.54, 1.807) is 0 Å². The van der Waals surface area contributed by atoms with Gasteiger partial charge < -0.3 is 10.6 Å². The van der Waals surface area contributed by atoms with E-state index in [1.807, 2.05) is 0 Å². The van der Waals surface area contributed by atoms with Crippen LogP contribution in [0.3, 0.4) is 0 Å². The molecule has 4 nitrogen and oxygen atoms in total. The van der Waals surface area contributed by atoms with Crippen LogP contribution in [0.5, 0.6) is 0 Å². The molecule has 1 aliphatic rings. The highest BCUT2D eigenvalue weighted by atomic mass is 16.1. The first-order chi connectivity index (χ1) is 9.99. The van der Waals surface area contributed by atoms with Gasteiger partial charge in [-0.25, -0.2) is 0 Å². The van der Waals surface area contributed by atoms with E-state index in [1.165, 1.54) is 25.7 Å². The molecule has 2 N–H and O–H groups in total. The lowest BCUT2D eigenvalue weighted by atomic mass is 9.77. The van der Waals surface area contributed by atoms with Gasteiger partial charge >= 0.3 is 0 Å². The Morgan fingerprint density at radius 3 is 2.48 bits per heavy atom. The summed E-state index contributed by atoms with van der Waals surface area (Å²) in [5.74, 6) is 0.765. The van der Waals surface area contributed by atoms with Crippen molar-refractivity contribution in [1.29, 1.82) is 0 Å². The van der Waals surface area contributed by atoms with Gasteiger partial charge in [-0.15, -0.1) is 0 Å². The molecule has 21 heavy (non-hydrogen) atoms. The van der Waals surface area contributed by atoms with E-state index in [9.17, 15) is 4.79 Å². The Kier molecular flexibility index (Phi) is 8.27. The fourth-order valence-corrected chi connectivity index (χ4v) is 3.49. The zero-order valence-corrected chi connectivity index (χ0v) is 14.5. The largest absolute Gasteiger partial charge is 0.357 e. The van der Waals surface area contributed by atoms with Crippen molar-refractivity contribution in [1.82, 2.24) is 15.5 Å². The van der Waals surface area contributed by atoms with Gasteiger partial charge in [-0.05, 0) is 50.2 Å². The van der Waals surface area contributed by atoms with E-state index in [0.717, 1.165) is 45.1 Å². The molecule has 1 amide bonds. The van der Waals surface area contributed by atoms with Crippen molar-refractivity contribution in [2.75, 3.05) is 32.7 Å². The summed E-state index contributed by atoms with van der Waals surface area (Å²) in [7, 11) is 0. The Labute approximate surface area is 131 Å². The number of hydrogen-bond acceptors (Lipinski definition) is 3. The first kappa shape index (κ1) is 18.4. The summed E-state index contributed by atoms with van der Waals surface area (Å²) < 4.78 is 0. The zero-order valence-electron chi connectivity index (χ0n) is 14.5. The highest BCUT2D eigenvalue weighted by Crippen LogP contribution is 2.31. The molecule has 1 rings (SSSR count). The van der Waals surface area contributed by atoms with E-state index < -0.39 is 0 Å². The molecule has 0 aromatic rings. The quantitative estimate of drug-likeness (QED) is 0.507. The maximum Gasteiger partial charge on any atom is 0.207 e. The highest BCUT2D eigenvalue weighted by Gasteiger charge is 2.26. The molecule has 1 atom stereocenters. The monoisotopic (exact) mass is 297 g/mol. The lowest BCUT2D eigenvalue weighted by molar-refractivity contribution is -0.109. The second kappa shape index (κ2) is 9.42. The zero-order chi connectivity index (χ0) is 15.7. The molecule has 1 unspecified atom stereocenters. The van der Waals surface area contributed by atoms with Crippen LogP contribution in [0.1, 0.15) is 53.4 Å². The molecule has 0 saturated carbocycles. The van der Waals surface area contributed by atoms with Crippen LogP contribution in [-0.2, 0) is 4.79 Å². The summed E-state index contributed by atoms with van der Waals surface area (Å²) in [6, 6.07) is 0.678. The molecule has 4 heteroatoms. The minimum absolute atomic E-state index is 0.385. The van der Waals surface area contributed by atoms with Crippen molar-refractivity contribution in [3.05, 3.63) is 0 Å². The first-order valence-electron chi connectivity index (χ1n) is 8.60. The van der Waals surface area contributed by atoms with Crippen LogP contribution in [0.25, 0.3) is 0 Å². The third-order valence-electron chi connectivity index (χ3n) is 4.93. The Bertz CT molecular complexity index is 282. The van der Waals surface area contributed by atoms with Crippen LogP contribution in [-0.4, -0.2) is 50.1 Å². The number of nitrogens with zero attached hydrogens (tertiary/aromatic N) is 1. The van der Waals surface area contributed by atoms with Crippen molar-refractivity contribution in [3.63, 3.8) is 0 Å². The minimum atomic E-state index is 0.385. The van der Waals surface area contributed by atoms with Gasteiger partial charge in [-0.2, -0.15) is 0 Å². The summed E-state index contributed by atoms with van der Waals surface area (Å²) in [5.41, 5.74) is 0.385. The second-order valence-corrected chi connectivity index (χ2v) is 7.35. The molecule has 1 heterocycles. The fraction of sp³-hybridized carbons (Fsp3) is 0.941. The molecule has 0 radical (unpaired) electrons. The summed E-state index contributed by atoms with van der Waals surface area (Å²) in [6.07, 6.45) is 5.77. The molecular formula is C17H35N3O. The van der Waals surface area contributed by atoms with Gasteiger partial charge in [-0.1, -0.05) is 34.1 Å². The standard InChI is InChI=1S/C17H35N3O/c1-5-15(17(2,3)4)8-12-20(13-11-19-14-21)16-6-9-18-10-7-16/h14-16,18H,5-13H2,1-4H3,(H,19,21). The van der Waals surface area contributed by atoms with E-state index in [4.69, 9.17) is 0 Å². The van der Waals surface area contributed by atoms with Crippen molar-refractivity contribution in [2.24, 2.45) is 11.3 Å². The summed E-state index contributed by atoms with van der Waals surface area (Å²) in [5, 5.41) is 6.25. The topological polar surface area (TPSA) is 44.4 Å². The number of piperidine rings is 1. The van der Waals surface area contributed by atoms with Crippen LogP contribution in [0.2, 0.25) is 0 Å². The Morgan fingerprint density at radius 2 is 1.95 bits per heavy atom. The highest BCUT2D eigenvalue weighted by molar-refractivity contribution is 5.45. The van der Waals surface area contributed by atoms with E-state index in [-0.39, 0.29) is 0 Å². The molecule has 1 saturated heterocycles. The molecular weight excluding hydrogens is 262 g/mol. The SMILES string of the molecule is CCC(CCN(CCNC=O)C1CCNCC1)C(C)(C)C. The number of amides is 1. The van der Waals surface area contributed by atoms with Crippen molar-refractivity contribution >= 4 is 6.41 Å². The number of nitrogens with one attached hydrogen (secondary N) is 2. The predicted octanol–water partition coefficient (Wildman–Crippen LogP) is 2.25. The van der Waals surface area contributed by atoms with Gasteiger partial charge in [0, 0.05) is 19.1 Å². The predicted molar refractivity (Wildman–Crippen MR) is 89.4 cm³/mol. The van der Waals surface area contributed by atoms with Crippen LogP contribution < -0.4 is 10.6 Å².